The molecule has 0 aliphatic heterocycles. The van der Waals surface area contributed by atoms with Crippen LogP contribution in [0.5, 0.6) is 17.2 Å². The van der Waals surface area contributed by atoms with Crippen LogP contribution in [-0.2, 0) is 20.4 Å². The second kappa shape index (κ2) is 14.6. The third-order valence-corrected chi connectivity index (χ3v) is 9.23. The number of aromatic hydroxyl groups is 1. The Labute approximate surface area is 271 Å². The van der Waals surface area contributed by atoms with Gasteiger partial charge in [0, 0.05) is 16.3 Å². The highest BCUT2D eigenvalue weighted by atomic mass is 35.5. The zero-order valence-corrected chi connectivity index (χ0v) is 28.4. The third kappa shape index (κ3) is 8.39. The van der Waals surface area contributed by atoms with E-state index in [0.717, 1.165) is 24.2 Å². The fourth-order valence-corrected chi connectivity index (χ4v) is 4.90. The number of amides is 2. The summed E-state index contributed by atoms with van der Waals surface area (Å²) < 4.78 is 11.9. The van der Waals surface area contributed by atoms with Crippen LogP contribution in [0.15, 0.2) is 48.5 Å². The molecule has 2 amide bonds. The predicted molar refractivity (Wildman–Crippen MR) is 180 cm³/mol. The first kappa shape index (κ1) is 35.1. The Morgan fingerprint density at radius 3 is 2.14 bits per heavy atom. The normalized spacial score (nSPS) is 12.4. The second-order valence-electron chi connectivity index (χ2n) is 12.2. The Hall–Kier alpha value is -3.42. The van der Waals surface area contributed by atoms with Crippen molar-refractivity contribution in [1.82, 2.24) is 0 Å². The molecular weight excluding hydrogens is 599 g/mol. The van der Waals surface area contributed by atoms with E-state index in [0.29, 0.717) is 28.4 Å². The highest BCUT2D eigenvalue weighted by molar-refractivity contribution is 6.37. The molecule has 3 N–H and O–H groups in total. The van der Waals surface area contributed by atoms with Gasteiger partial charge in [-0.15, -0.1) is 0 Å². The topological polar surface area (TPSA) is 96.9 Å². The van der Waals surface area contributed by atoms with Gasteiger partial charge in [-0.3, -0.25) is 9.59 Å². The maximum Gasteiger partial charge on any atom is 0.265 e. The molecule has 3 rings (SSSR count). The number of carbonyl (C=O) groups is 2. The lowest BCUT2D eigenvalue weighted by Crippen LogP contribution is -2.33. The van der Waals surface area contributed by atoms with E-state index in [1.807, 2.05) is 13.0 Å². The number of benzene rings is 3. The Kier molecular flexibility index (Phi) is 11.6. The average molecular weight is 644 g/mol. The third-order valence-electron chi connectivity index (χ3n) is 8.38. The van der Waals surface area contributed by atoms with E-state index in [1.165, 1.54) is 11.6 Å². The molecule has 0 spiro atoms. The van der Waals surface area contributed by atoms with Gasteiger partial charge in [-0.25, -0.2) is 0 Å². The molecule has 44 heavy (non-hydrogen) atoms. The van der Waals surface area contributed by atoms with Crippen LogP contribution >= 0.6 is 23.2 Å². The van der Waals surface area contributed by atoms with E-state index in [2.05, 4.69) is 64.3 Å². The van der Waals surface area contributed by atoms with E-state index in [4.69, 9.17) is 32.7 Å². The van der Waals surface area contributed by atoms with Crippen LogP contribution in [0.2, 0.25) is 10.0 Å². The van der Waals surface area contributed by atoms with Crippen molar-refractivity contribution in [2.45, 2.75) is 91.6 Å². The molecular formula is C35H44Cl2N2O5. The molecule has 9 heteroatoms. The van der Waals surface area contributed by atoms with Crippen LogP contribution in [0.1, 0.15) is 84.4 Å². The van der Waals surface area contributed by atoms with Crippen molar-refractivity contribution in [1.29, 1.82) is 0 Å². The molecule has 3 aromatic rings. The van der Waals surface area contributed by atoms with Gasteiger partial charge in [0.1, 0.15) is 11.5 Å². The van der Waals surface area contributed by atoms with E-state index in [9.17, 15) is 14.7 Å². The van der Waals surface area contributed by atoms with Crippen molar-refractivity contribution in [2.75, 3.05) is 17.2 Å². The zero-order chi connectivity index (χ0) is 32.8. The fraction of sp³-hybridized carbons (Fsp3) is 0.429. The van der Waals surface area contributed by atoms with E-state index >= 15 is 0 Å². The van der Waals surface area contributed by atoms with Crippen LogP contribution in [-0.4, -0.2) is 29.6 Å². The summed E-state index contributed by atoms with van der Waals surface area (Å²) in [5.41, 5.74) is 3.43. The van der Waals surface area contributed by atoms with E-state index in [-0.39, 0.29) is 39.8 Å². The molecule has 0 aromatic heterocycles. The number of anilines is 2. The fourth-order valence-electron chi connectivity index (χ4n) is 4.44. The van der Waals surface area contributed by atoms with Gasteiger partial charge in [0.15, 0.2) is 18.5 Å². The van der Waals surface area contributed by atoms with Gasteiger partial charge in [-0.2, -0.15) is 0 Å². The Balaban J connectivity index is 1.65. The summed E-state index contributed by atoms with van der Waals surface area (Å²) in [4.78, 5) is 25.7. The molecule has 3 aromatic carbocycles. The maximum atomic E-state index is 13.3. The molecule has 0 bridgehead atoms. The molecule has 1 unspecified atom stereocenters. The molecule has 0 fully saturated rings. The van der Waals surface area contributed by atoms with E-state index < -0.39 is 12.0 Å². The summed E-state index contributed by atoms with van der Waals surface area (Å²) in [6, 6.07) is 14.4. The van der Waals surface area contributed by atoms with Gasteiger partial charge in [0.05, 0.1) is 10.7 Å². The maximum absolute atomic E-state index is 13.3. The van der Waals surface area contributed by atoms with Gasteiger partial charge >= 0.3 is 0 Å². The quantitative estimate of drug-likeness (QED) is 0.161. The van der Waals surface area contributed by atoms with Crippen molar-refractivity contribution in [3.63, 3.8) is 0 Å². The van der Waals surface area contributed by atoms with Crippen molar-refractivity contribution in [2.24, 2.45) is 0 Å². The minimum atomic E-state index is -0.689. The van der Waals surface area contributed by atoms with Gasteiger partial charge in [-0.05, 0) is 84.5 Å². The molecule has 0 saturated carbocycles. The number of carbonyl (C=O) groups excluding carboxylic acids is 2. The van der Waals surface area contributed by atoms with Crippen LogP contribution in [0.25, 0.3) is 0 Å². The second-order valence-corrected chi connectivity index (χ2v) is 13.0. The van der Waals surface area contributed by atoms with Crippen LogP contribution in [0.3, 0.4) is 0 Å². The molecule has 0 radical (unpaired) electrons. The zero-order valence-electron chi connectivity index (χ0n) is 26.9. The first-order valence-electron chi connectivity index (χ1n) is 15.0. The average Bonchev–Trinajstić information content (AvgIpc) is 3.00. The molecule has 0 aliphatic carbocycles. The van der Waals surface area contributed by atoms with Gasteiger partial charge < -0.3 is 25.2 Å². The minimum absolute atomic E-state index is 0.0327. The molecule has 0 saturated heterocycles. The number of nitrogens with one attached hydrogen (secondary N) is 2. The standard InChI is InChI=1S/C35H44Cl2N2O5/c1-9-28(44-29-17-12-22(34(5,6)10-2)18-25(29)35(7,8)11-3)33(42)38-23-13-15-24(16-14-23)43-20-30(40)39-27-19-26(36)21(4)31(37)32(27)41/h12-19,28,41H,9-11,20H2,1-8H3,(H,38,42)(H,39,40). The molecule has 238 valence electrons. The molecule has 1 atom stereocenters. The predicted octanol–water partition coefficient (Wildman–Crippen LogP) is 9.20. The summed E-state index contributed by atoms with van der Waals surface area (Å²) in [7, 11) is 0. The Bertz CT molecular complexity index is 1490. The summed E-state index contributed by atoms with van der Waals surface area (Å²) in [5, 5.41) is 16.1. The lowest BCUT2D eigenvalue weighted by atomic mass is 9.76. The number of hydrogen-bond donors (Lipinski definition) is 3. The minimum Gasteiger partial charge on any atom is -0.504 e. The lowest BCUT2D eigenvalue weighted by molar-refractivity contribution is -0.123. The molecule has 0 aliphatic rings. The van der Waals surface area contributed by atoms with Crippen molar-refractivity contribution >= 4 is 46.4 Å². The number of hydrogen-bond acceptors (Lipinski definition) is 5. The number of phenols is 1. The van der Waals surface area contributed by atoms with Gasteiger partial charge in [0.2, 0.25) is 0 Å². The smallest absolute Gasteiger partial charge is 0.265 e. The first-order valence-corrected chi connectivity index (χ1v) is 15.7. The molecule has 7 nitrogen and oxygen atoms in total. The van der Waals surface area contributed by atoms with Crippen LogP contribution in [0, 0.1) is 6.92 Å². The van der Waals surface area contributed by atoms with E-state index in [1.54, 1.807) is 31.2 Å². The lowest BCUT2D eigenvalue weighted by Gasteiger charge is -2.31. The SMILES string of the molecule is CCC(Oc1ccc(C(C)(C)CC)cc1C(C)(C)CC)C(=O)Nc1ccc(OCC(=O)Nc2cc(Cl)c(C)c(Cl)c2O)cc1. The van der Waals surface area contributed by atoms with Crippen molar-refractivity contribution < 1.29 is 24.2 Å². The number of halogens is 2. The summed E-state index contributed by atoms with van der Waals surface area (Å²) in [5.74, 6) is 0.119. The highest BCUT2D eigenvalue weighted by Gasteiger charge is 2.29. The van der Waals surface area contributed by atoms with Crippen LogP contribution < -0.4 is 20.1 Å². The number of phenolic OH excluding ortho intramolecular Hbond substituents is 1. The van der Waals surface area contributed by atoms with Gasteiger partial charge in [0.25, 0.3) is 11.8 Å². The Morgan fingerprint density at radius 2 is 1.55 bits per heavy atom. The van der Waals surface area contributed by atoms with Gasteiger partial charge in [-0.1, -0.05) is 83.8 Å². The first-order chi connectivity index (χ1) is 20.6. The number of rotatable bonds is 13. The monoisotopic (exact) mass is 642 g/mol. The Morgan fingerprint density at radius 1 is 0.909 bits per heavy atom. The summed E-state index contributed by atoms with van der Waals surface area (Å²) in [6.45, 7) is 16.5. The number of ether oxygens (including phenoxy) is 2. The highest BCUT2D eigenvalue weighted by Crippen LogP contribution is 2.40. The van der Waals surface area contributed by atoms with Crippen molar-refractivity contribution in [3.05, 3.63) is 75.3 Å². The van der Waals surface area contributed by atoms with Crippen LogP contribution in [0.4, 0.5) is 11.4 Å². The van der Waals surface area contributed by atoms with Crippen molar-refractivity contribution in [3.8, 4) is 17.2 Å². The molecule has 0 heterocycles. The summed E-state index contributed by atoms with van der Waals surface area (Å²) in [6.07, 6.45) is 1.74. The summed E-state index contributed by atoms with van der Waals surface area (Å²) >= 11 is 12.2. The largest absolute Gasteiger partial charge is 0.504 e.